The lowest BCUT2D eigenvalue weighted by Crippen LogP contribution is -2.15. The van der Waals surface area contributed by atoms with Crippen LogP contribution in [0.25, 0.3) is 6.08 Å². The molecule has 1 aromatic rings. The third-order valence-corrected chi connectivity index (χ3v) is 1.90. The van der Waals surface area contributed by atoms with Gasteiger partial charge >= 0.3 is 0 Å². The van der Waals surface area contributed by atoms with Gasteiger partial charge in [-0.15, -0.1) is 0 Å². The first kappa shape index (κ1) is 8.78. The zero-order chi connectivity index (χ0) is 8.97. The molecule has 64 valence electrons. The van der Waals surface area contributed by atoms with Crippen molar-refractivity contribution in [2.45, 2.75) is 6.92 Å². The number of pyridine rings is 1. The number of anilines is 1. The lowest BCUT2D eigenvalue weighted by molar-refractivity contribution is 0.961. The average molecular weight is 162 g/mol. The van der Waals surface area contributed by atoms with Gasteiger partial charge in [0.25, 0.3) is 0 Å². The molecule has 0 aliphatic carbocycles. The predicted molar refractivity (Wildman–Crippen MR) is 53.3 cm³/mol. The van der Waals surface area contributed by atoms with Gasteiger partial charge in [-0.25, -0.2) is 0 Å². The lowest BCUT2D eigenvalue weighted by Gasteiger charge is -2.16. The van der Waals surface area contributed by atoms with Crippen LogP contribution in [0.15, 0.2) is 25.0 Å². The second kappa shape index (κ2) is 3.90. The summed E-state index contributed by atoms with van der Waals surface area (Å²) in [6.07, 6.45) is 5.47. The zero-order valence-electron chi connectivity index (χ0n) is 7.62. The molecule has 0 saturated carbocycles. The third kappa shape index (κ3) is 1.84. The summed E-state index contributed by atoms with van der Waals surface area (Å²) in [6, 6.07) is 2.07. The molecule has 0 amide bonds. The summed E-state index contributed by atoms with van der Waals surface area (Å²) in [4.78, 5) is 6.25. The Kier molecular flexibility index (Phi) is 2.86. The van der Waals surface area contributed by atoms with Crippen molar-refractivity contribution < 1.29 is 0 Å². The van der Waals surface area contributed by atoms with Crippen LogP contribution in [0.4, 0.5) is 5.69 Å². The summed E-state index contributed by atoms with van der Waals surface area (Å²) in [7, 11) is 2.05. The third-order valence-electron chi connectivity index (χ3n) is 1.90. The molecule has 0 fully saturated rings. The van der Waals surface area contributed by atoms with Crippen molar-refractivity contribution in [3.05, 3.63) is 30.6 Å². The van der Waals surface area contributed by atoms with Crippen molar-refractivity contribution in [3.63, 3.8) is 0 Å². The van der Waals surface area contributed by atoms with Crippen LogP contribution in [-0.4, -0.2) is 18.6 Å². The molecule has 12 heavy (non-hydrogen) atoms. The van der Waals surface area contributed by atoms with E-state index in [1.165, 1.54) is 0 Å². The molecule has 0 atom stereocenters. The molecule has 2 nitrogen and oxygen atoms in total. The van der Waals surface area contributed by atoms with Gasteiger partial charge in [0.15, 0.2) is 0 Å². The summed E-state index contributed by atoms with van der Waals surface area (Å²) in [5, 5.41) is 0. The minimum absolute atomic E-state index is 0.988. The first-order valence-electron chi connectivity index (χ1n) is 4.06. The highest BCUT2D eigenvalue weighted by Crippen LogP contribution is 2.12. The standard InChI is InChI=1S/C10H14N2/c1-4-9-6-10(8-11-7-9)12(3)5-2/h4,6-8H,1,5H2,2-3H3. The molecule has 0 N–H and O–H groups in total. The summed E-state index contributed by atoms with van der Waals surface area (Å²) in [5.41, 5.74) is 2.20. The molecule has 1 rings (SSSR count). The van der Waals surface area contributed by atoms with Gasteiger partial charge in [0.1, 0.15) is 0 Å². The molecule has 1 heterocycles. The van der Waals surface area contributed by atoms with Gasteiger partial charge < -0.3 is 4.90 Å². The highest BCUT2D eigenvalue weighted by atomic mass is 15.1. The van der Waals surface area contributed by atoms with Crippen LogP contribution in [0, 0.1) is 0 Å². The Balaban J connectivity index is 2.93. The molecule has 2 heteroatoms. The highest BCUT2D eigenvalue weighted by Gasteiger charge is 1.97. The average Bonchev–Trinajstić information content (AvgIpc) is 2.17. The molecular formula is C10H14N2. The summed E-state index contributed by atoms with van der Waals surface area (Å²) in [5.74, 6) is 0. The van der Waals surface area contributed by atoms with E-state index in [1.807, 2.05) is 13.2 Å². The minimum atomic E-state index is 0.988. The van der Waals surface area contributed by atoms with Crippen molar-refractivity contribution in [3.8, 4) is 0 Å². The van der Waals surface area contributed by atoms with Crippen molar-refractivity contribution in [1.29, 1.82) is 0 Å². The molecule has 0 spiro atoms. The first-order chi connectivity index (χ1) is 5.77. The maximum atomic E-state index is 4.11. The maximum Gasteiger partial charge on any atom is 0.0556 e. The van der Waals surface area contributed by atoms with E-state index in [1.54, 1.807) is 12.3 Å². The van der Waals surface area contributed by atoms with E-state index < -0.39 is 0 Å². The molecule has 0 radical (unpaired) electrons. The topological polar surface area (TPSA) is 16.1 Å². The smallest absolute Gasteiger partial charge is 0.0556 e. The number of aromatic nitrogens is 1. The minimum Gasteiger partial charge on any atom is -0.374 e. The second-order valence-corrected chi connectivity index (χ2v) is 2.69. The van der Waals surface area contributed by atoms with Crippen molar-refractivity contribution in [2.24, 2.45) is 0 Å². The van der Waals surface area contributed by atoms with E-state index in [9.17, 15) is 0 Å². The van der Waals surface area contributed by atoms with Crippen LogP contribution in [-0.2, 0) is 0 Å². The fourth-order valence-electron chi connectivity index (χ4n) is 0.948. The number of rotatable bonds is 3. The van der Waals surface area contributed by atoms with Crippen LogP contribution in [0.1, 0.15) is 12.5 Å². The predicted octanol–water partition coefficient (Wildman–Crippen LogP) is 2.18. The van der Waals surface area contributed by atoms with E-state index in [-0.39, 0.29) is 0 Å². The van der Waals surface area contributed by atoms with Crippen molar-refractivity contribution >= 4 is 11.8 Å². The monoisotopic (exact) mass is 162 g/mol. The normalized spacial score (nSPS) is 9.50. The van der Waals surface area contributed by atoms with Gasteiger partial charge in [0, 0.05) is 19.8 Å². The first-order valence-corrected chi connectivity index (χ1v) is 4.06. The summed E-state index contributed by atoms with van der Waals surface area (Å²) < 4.78 is 0. The Morgan fingerprint density at radius 1 is 1.58 bits per heavy atom. The van der Waals surface area contributed by atoms with E-state index >= 15 is 0 Å². The van der Waals surface area contributed by atoms with Gasteiger partial charge in [-0.2, -0.15) is 0 Å². The Bertz CT molecular complexity index is 268. The quantitative estimate of drug-likeness (QED) is 0.677. The second-order valence-electron chi connectivity index (χ2n) is 2.69. The molecule has 0 aliphatic rings. The fraction of sp³-hybridized carbons (Fsp3) is 0.300. The Hall–Kier alpha value is -1.31. The lowest BCUT2D eigenvalue weighted by atomic mass is 10.2. The van der Waals surface area contributed by atoms with E-state index in [4.69, 9.17) is 0 Å². The summed E-state index contributed by atoms with van der Waals surface area (Å²) >= 11 is 0. The zero-order valence-corrected chi connectivity index (χ0v) is 7.62. The van der Waals surface area contributed by atoms with E-state index in [0.29, 0.717) is 0 Å². The van der Waals surface area contributed by atoms with Crippen LogP contribution >= 0.6 is 0 Å². The largest absolute Gasteiger partial charge is 0.374 e. The van der Waals surface area contributed by atoms with Gasteiger partial charge in [-0.1, -0.05) is 12.7 Å². The number of hydrogen-bond acceptors (Lipinski definition) is 2. The molecule has 0 unspecified atom stereocenters. The van der Waals surface area contributed by atoms with Crippen LogP contribution in [0.3, 0.4) is 0 Å². The Morgan fingerprint density at radius 2 is 2.33 bits per heavy atom. The SMILES string of the molecule is C=Cc1cncc(N(C)CC)c1. The van der Waals surface area contributed by atoms with Crippen LogP contribution in [0.5, 0.6) is 0 Å². The molecule has 0 aliphatic heterocycles. The molecule has 0 bridgehead atoms. The van der Waals surface area contributed by atoms with Crippen molar-refractivity contribution in [1.82, 2.24) is 4.98 Å². The van der Waals surface area contributed by atoms with E-state index in [2.05, 4.69) is 29.5 Å². The Labute approximate surface area is 73.5 Å². The van der Waals surface area contributed by atoms with Crippen LogP contribution in [0.2, 0.25) is 0 Å². The Morgan fingerprint density at radius 3 is 2.92 bits per heavy atom. The highest BCUT2D eigenvalue weighted by molar-refractivity contribution is 5.54. The molecular weight excluding hydrogens is 148 g/mol. The summed E-state index contributed by atoms with van der Waals surface area (Å²) in [6.45, 7) is 6.80. The maximum absolute atomic E-state index is 4.11. The van der Waals surface area contributed by atoms with Gasteiger partial charge in [-0.3, -0.25) is 4.98 Å². The van der Waals surface area contributed by atoms with Gasteiger partial charge in [-0.05, 0) is 18.6 Å². The van der Waals surface area contributed by atoms with Crippen LogP contribution < -0.4 is 4.90 Å². The van der Waals surface area contributed by atoms with Crippen molar-refractivity contribution in [2.75, 3.05) is 18.5 Å². The fourth-order valence-corrected chi connectivity index (χ4v) is 0.948. The van der Waals surface area contributed by atoms with Gasteiger partial charge in [0.2, 0.25) is 0 Å². The number of hydrogen-bond donors (Lipinski definition) is 0. The molecule has 0 aromatic carbocycles. The molecule has 1 aromatic heterocycles. The molecule has 0 saturated heterocycles. The van der Waals surface area contributed by atoms with E-state index in [0.717, 1.165) is 17.8 Å². The number of nitrogens with zero attached hydrogens (tertiary/aromatic N) is 2. The van der Waals surface area contributed by atoms with Gasteiger partial charge in [0.05, 0.1) is 11.9 Å².